The Kier molecular flexibility index (Phi) is 6.08. The molecule has 0 aliphatic carbocycles. The molecule has 2 nitrogen and oxygen atoms in total. The van der Waals surface area contributed by atoms with Crippen molar-refractivity contribution >= 4 is 33.9 Å². The van der Waals surface area contributed by atoms with Crippen molar-refractivity contribution in [3.63, 3.8) is 0 Å². The van der Waals surface area contributed by atoms with Gasteiger partial charge in [0.05, 0.1) is 10.5 Å². The van der Waals surface area contributed by atoms with Crippen LogP contribution in [-0.4, -0.2) is 12.0 Å². The van der Waals surface area contributed by atoms with Crippen LogP contribution < -0.4 is 4.90 Å². The molecule has 0 radical (unpaired) electrons. The lowest BCUT2D eigenvalue weighted by Crippen LogP contribution is -2.10. The van der Waals surface area contributed by atoms with Crippen LogP contribution in [0.2, 0.25) is 5.02 Å². The number of fused-ring (bicyclic) bond motifs is 1. The lowest BCUT2D eigenvalue weighted by Gasteiger charge is -2.22. The Bertz CT molecular complexity index is 1450. The summed E-state index contributed by atoms with van der Waals surface area (Å²) in [6, 6.07) is 32.0. The van der Waals surface area contributed by atoms with E-state index in [4.69, 9.17) is 16.6 Å². The molecular formula is C31H27ClN2. The number of rotatable bonds is 5. The maximum atomic E-state index is 6.55. The van der Waals surface area contributed by atoms with Crippen LogP contribution in [0.4, 0.5) is 11.4 Å². The molecule has 4 aromatic carbocycles. The van der Waals surface area contributed by atoms with E-state index in [2.05, 4.69) is 105 Å². The van der Waals surface area contributed by atoms with E-state index in [0.29, 0.717) is 5.02 Å². The van der Waals surface area contributed by atoms with Gasteiger partial charge in [-0.25, -0.2) is 0 Å². The van der Waals surface area contributed by atoms with Gasteiger partial charge in [-0.05, 0) is 84.0 Å². The number of hydrogen-bond donors (Lipinski definition) is 0. The molecular weight excluding hydrogens is 436 g/mol. The fraction of sp³-hybridized carbons (Fsp3) is 0.129. The third-order valence-electron chi connectivity index (χ3n) is 6.28. The minimum absolute atomic E-state index is 0.675. The van der Waals surface area contributed by atoms with Crippen LogP contribution in [-0.2, 0) is 6.42 Å². The summed E-state index contributed by atoms with van der Waals surface area (Å²) >= 11 is 6.55. The number of pyridine rings is 1. The van der Waals surface area contributed by atoms with Crippen molar-refractivity contribution in [3.05, 3.63) is 124 Å². The summed E-state index contributed by atoms with van der Waals surface area (Å²) in [5.41, 5.74) is 10.5. The summed E-state index contributed by atoms with van der Waals surface area (Å²) in [7, 11) is 2.12. The molecule has 1 heterocycles. The first-order valence-electron chi connectivity index (χ1n) is 11.5. The summed E-state index contributed by atoms with van der Waals surface area (Å²) in [6.45, 7) is 4.28. The van der Waals surface area contributed by atoms with Crippen LogP contribution >= 0.6 is 11.6 Å². The number of benzene rings is 4. The fourth-order valence-corrected chi connectivity index (χ4v) is 4.91. The van der Waals surface area contributed by atoms with Gasteiger partial charge in [-0.2, -0.15) is 0 Å². The van der Waals surface area contributed by atoms with Crippen molar-refractivity contribution in [2.75, 3.05) is 11.9 Å². The molecule has 0 unspecified atom stereocenters. The highest BCUT2D eigenvalue weighted by Crippen LogP contribution is 2.37. The molecule has 0 saturated heterocycles. The Balaban J connectivity index is 1.66. The van der Waals surface area contributed by atoms with E-state index >= 15 is 0 Å². The molecule has 0 saturated carbocycles. The molecule has 0 amide bonds. The van der Waals surface area contributed by atoms with Crippen LogP contribution in [0.15, 0.2) is 97.2 Å². The zero-order chi connectivity index (χ0) is 23.7. The Hall–Kier alpha value is -3.62. The molecule has 34 heavy (non-hydrogen) atoms. The average Bonchev–Trinajstić information content (AvgIpc) is 2.84. The Labute approximate surface area is 206 Å². The largest absolute Gasteiger partial charge is 0.345 e. The summed E-state index contributed by atoms with van der Waals surface area (Å²) in [5.74, 6) is 0. The lowest BCUT2D eigenvalue weighted by molar-refractivity contribution is 1.17. The highest BCUT2D eigenvalue weighted by Gasteiger charge is 2.15. The maximum absolute atomic E-state index is 6.55. The number of hydrogen-bond acceptors (Lipinski definition) is 2. The summed E-state index contributed by atoms with van der Waals surface area (Å²) < 4.78 is 0. The minimum Gasteiger partial charge on any atom is -0.345 e. The molecule has 168 valence electrons. The van der Waals surface area contributed by atoms with Crippen LogP contribution in [0.5, 0.6) is 0 Å². The number of para-hydroxylation sites is 1. The van der Waals surface area contributed by atoms with Crippen LogP contribution in [0.3, 0.4) is 0 Å². The number of aromatic nitrogens is 1. The van der Waals surface area contributed by atoms with Crippen molar-refractivity contribution in [3.8, 4) is 11.1 Å². The first kappa shape index (κ1) is 22.2. The van der Waals surface area contributed by atoms with E-state index < -0.39 is 0 Å². The third-order valence-corrected chi connectivity index (χ3v) is 6.58. The zero-order valence-electron chi connectivity index (χ0n) is 19.7. The van der Waals surface area contributed by atoms with Gasteiger partial charge in [0.2, 0.25) is 0 Å². The van der Waals surface area contributed by atoms with Gasteiger partial charge in [0.25, 0.3) is 0 Å². The van der Waals surface area contributed by atoms with Crippen LogP contribution in [0.1, 0.15) is 22.3 Å². The highest BCUT2D eigenvalue weighted by atomic mass is 35.5. The average molecular weight is 463 g/mol. The zero-order valence-corrected chi connectivity index (χ0v) is 20.5. The van der Waals surface area contributed by atoms with Crippen LogP contribution in [0.25, 0.3) is 22.0 Å². The first-order valence-corrected chi connectivity index (χ1v) is 11.9. The molecule has 1 aromatic heterocycles. The van der Waals surface area contributed by atoms with Crippen molar-refractivity contribution < 1.29 is 0 Å². The van der Waals surface area contributed by atoms with Crippen molar-refractivity contribution in [1.29, 1.82) is 0 Å². The molecule has 0 atom stereocenters. The molecule has 0 aliphatic heterocycles. The van der Waals surface area contributed by atoms with Crippen molar-refractivity contribution in [2.45, 2.75) is 20.3 Å². The smallest absolute Gasteiger partial charge is 0.0894 e. The maximum Gasteiger partial charge on any atom is 0.0894 e. The SMILES string of the molecule is Cc1cc(C)cc(N(C)c2cccc(-c3c(Cc4ccccc4)cnc4c(Cl)cccc34)c2)c1. The quantitative estimate of drug-likeness (QED) is 0.260. The van der Waals surface area contributed by atoms with E-state index in [0.717, 1.165) is 28.6 Å². The van der Waals surface area contributed by atoms with Crippen molar-refractivity contribution in [1.82, 2.24) is 4.98 Å². The number of nitrogens with zero attached hydrogens (tertiary/aromatic N) is 2. The lowest BCUT2D eigenvalue weighted by atomic mass is 9.92. The first-order chi connectivity index (χ1) is 16.5. The number of anilines is 2. The summed E-state index contributed by atoms with van der Waals surface area (Å²) in [6.07, 6.45) is 2.79. The van der Waals surface area contributed by atoms with Gasteiger partial charge < -0.3 is 4.90 Å². The van der Waals surface area contributed by atoms with E-state index in [1.807, 2.05) is 18.3 Å². The van der Waals surface area contributed by atoms with Gasteiger partial charge in [0.1, 0.15) is 0 Å². The Morgan fingerprint density at radius 1 is 0.765 bits per heavy atom. The second-order valence-corrected chi connectivity index (χ2v) is 9.32. The summed E-state index contributed by atoms with van der Waals surface area (Å²) in [5, 5.41) is 1.75. The predicted octanol–water partition coefficient (Wildman–Crippen LogP) is 8.53. The molecule has 5 aromatic rings. The molecule has 0 N–H and O–H groups in total. The standard InChI is InChI=1S/C31H27ClN2/c1-21-15-22(2)17-27(16-21)34(3)26-12-7-11-24(19-26)30-25(18-23-9-5-4-6-10-23)20-33-31-28(30)13-8-14-29(31)32/h4-17,19-20H,18H2,1-3H3. The van der Waals surface area contributed by atoms with E-state index in [9.17, 15) is 0 Å². The molecule has 0 spiro atoms. The van der Waals surface area contributed by atoms with Crippen LogP contribution in [0, 0.1) is 13.8 Å². The van der Waals surface area contributed by atoms with E-state index in [1.54, 1.807) is 0 Å². The van der Waals surface area contributed by atoms with E-state index in [-0.39, 0.29) is 0 Å². The second kappa shape index (κ2) is 9.32. The van der Waals surface area contributed by atoms with Gasteiger partial charge in [-0.1, -0.05) is 72.3 Å². The molecule has 0 aliphatic rings. The van der Waals surface area contributed by atoms with Gasteiger partial charge in [-0.15, -0.1) is 0 Å². The summed E-state index contributed by atoms with van der Waals surface area (Å²) in [4.78, 5) is 6.99. The normalized spacial score (nSPS) is 11.1. The fourth-order valence-electron chi connectivity index (χ4n) is 4.68. The topological polar surface area (TPSA) is 16.1 Å². The third kappa shape index (κ3) is 4.42. The monoisotopic (exact) mass is 462 g/mol. The van der Waals surface area contributed by atoms with Gasteiger partial charge in [0.15, 0.2) is 0 Å². The highest BCUT2D eigenvalue weighted by molar-refractivity contribution is 6.35. The van der Waals surface area contributed by atoms with Gasteiger partial charge in [0, 0.05) is 30.0 Å². The van der Waals surface area contributed by atoms with Crippen molar-refractivity contribution in [2.24, 2.45) is 0 Å². The van der Waals surface area contributed by atoms with E-state index in [1.165, 1.54) is 33.5 Å². The predicted molar refractivity (Wildman–Crippen MR) is 145 cm³/mol. The van der Waals surface area contributed by atoms with Gasteiger partial charge in [-0.3, -0.25) is 4.98 Å². The second-order valence-electron chi connectivity index (χ2n) is 8.91. The van der Waals surface area contributed by atoms with Gasteiger partial charge >= 0.3 is 0 Å². The molecule has 0 bridgehead atoms. The molecule has 0 fully saturated rings. The Morgan fingerprint density at radius 3 is 2.26 bits per heavy atom. The molecule has 5 rings (SSSR count). The molecule has 3 heteroatoms. The number of halogens is 1. The Morgan fingerprint density at radius 2 is 1.50 bits per heavy atom. The minimum atomic E-state index is 0.675. The number of aryl methyl sites for hydroxylation is 2.